The number of carboxylic acid groups (broad SMARTS) is 1. The molecule has 3 aromatic rings. The molecule has 0 saturated heterocycles. The Morgan fingerprint density at radius 1 is 1.24 bits per heavy atom. The molecule has 0 aliphatic heterocycles. The van der Waals surface area contributed by atoms with E-state index in [0.717, 1.165) is 11.2 Å². The van der Waals surface area contributed by atoms with E-state index in [0.29, 0.717) is 16.5 Å². The van der Waals surface area contributed by atoms with Gasteiger partial charge in [0.2, 0.25) is 0 Å². The van der Waals surface area contributed by atoms with E-state index >= 15 is 0 Å². The molecule has 0 saturated carbocycles. The average Bonchev–Trinajstić information content (AvgIpc) is 2.84. The molecule has 0 unspecified atom stereocenters. The molecule has 2 heterocycles. The van der Waals surface area contributed by atoms with Crippen molar-refractivity contribution in [1.82, 2.24) is 9.38 Å². The van der Waals surface area contributed by atoms with Crippen LogP contribution in [0.25, 0.3) is 16.9 Å². The number of nitrogens with zero attached hydrogens (tertiary/aromatic N) is 2. The van der Waals surface area contributed by atoms with Crippen molar-refractivity contribution in [2.75, 3.05) is 11.9 Å². The van der Waals surface area contributed by atoms with Gasteiger partial charge in [-0.3, -0.25) is 9.20 Å². The molecule has 6 heteroatoms. The number of carboxylic acids is 1. The molecule has 2 N–H and O–H groups in total. The van der Waals surface area contributed by atoms with Gasteiger partial charge >= 0.3 is 5.97 Å². The summed E-state index contributed by atoms with van der Waals surface area (Å²) < 4.78 is 1.83. The van der Waals surface area contributed by atoms with Crippen molar-refractivity contribution < 1.29 is 9.90 Å². The largest absolute Gasteiger partial charge is 0.480 e. The quantitative estimate of drug-likeness (QED) is 0.777. The van der Waals surface area contributed by atoms with E-state index < -0.39 is 5.97 Å². The lowest BCUT2D eigenvalue weighted by Gasteiger charge is -2.06. The third-order valence-corrected chi connectivity index (χ3v) is 3.31. The molecule has 0 radical (unpaired) electrons. The Labute approximate surface area is 125 Å². The van der Waals surface area contributed by atoms with E-state index in [1.165, 1.54) is 0 Å². The lowest BCUT2D eigenvalue weighted by Crippen LogP contribution is -2.14. The highest BCUT2D eigenvalue weighted by atomic mass is 35.5. The fourth-order valence-electron chi connectivity index (χ4n) is 2.13. The average molecular weight is 302 g/mol. The molecule has 0 aliphatic carbocycles. The van der Waals surface area contributed by atoms with Crippen LogP contribution in [0, 0.1) is 0 Å². The zero-order valence-corrected chi connectivity index (χ0v) is 11.7. The summed E-state index contributed by atoms with van der Waals surface area (Å²) in [5.74, 6) is -0.279. The third kappa shape index (κ3) is 2.68. The van der Waals surface area contributed by atoms with Crippen LogP contribution in [0.1, 0.15) is 0 Å². The van der Waals surface area contributed by atoms with Crippen molar-refractivity contribution in [3.63, 3.8) is 0 Å². The van der Waals surface area contributed by atoms with Gasteiger partial charge in [-0.05, 0) is 24.3 Å². The lowest BCUT2D eigenvalue weighted by molar-refractivity contribution is -0.134. The maximum atomic E-state index is 10.8. The summed E-state index contributed by atoms with van der Waals surface area (Å²) in [6.45, 7) is -0.177. The number of fused-ring (bicyclic) bond motifs is 1. The fraction of sp³-hybridized carbons (Fsp3) is 0.0667. The molecule has 0 aliphatic rings. The molecule has 0 atom stereocenters. The van der Waals surface area contributed by atoms with Crippen molar-refractivity contribution in [1.29, 1.82) is 0 Å². The number of anilines is 1. The molecule has 0 fully saturated rings. The second-order valence-corrected chi connectivity index (χ2v) is 4.93. The standard InChI is InChI=1S/C15H12ClN3O2/c16-11-6-4-10(5-7-11)14-15(17-9-13(20)21)19-8-2-1-3-12(19)18-14/h1-8,17H,9H2,(H,20,21). The van der Waals surface area contributed by atoms with Gasteiger partial charge in [-0.1, -0.05) is 29.8 Å². The summed E-state index contributed by atoms with van der Waals surface area (Å²) in [4.78, 5) is 15.4. The Hall–Kier alpha value is -2.53. The number of carbonyl (C=O) groups is 1. The number of nitrogens with one attached hydrogen (secondary N) is 1. The van der Waals surface area contributed by atoms with E-state index in [9.17, 15) is 4.79 Å². The Balaban J connectivity index is 2.13. The number of benzene rings is 1. The fourth-order valence-corrected chi connectivity index (χ4v) is 2.26. The van der Waals surface area contributed by atoms with E-state index in [2.05, 4.69) is 10.3 Å². The highest BCUT2D eigenvalue weighted by Gasteiger charge is 2.14. The van der Waals surface area contributed by atoms with E-state index in [4.69, 9.17) is 16.7 Å². The van der Waals surface area contributed by atoms with Gasteiger partial charge in [0.15, 0.2) is 0 Å². The molecule has 21 heavy (non-hydrogen) atoms. The smallest absolute Gasteiger partial charge is 0.322 e. The zero-order chi connectivity index (χ0) is 14.8. The Morgan fingerprint density at radius 3 is 2.71 bits per heavy atom. The third-order valence-electron chi connectivity index (χ3n) is 3.05. The number of halogens is 1. The first-order valence-electron chi connectivity index (χ1n) is 6.34. The number of hydrogen-bond acceptors (Lipinski definition) is 3. The summed E-state index contributed by atoms with van der Waals surface area (Å²) in [6.07, 6.45) is 1.84. The van der Waals surface area contributed by atoms with Gasteiger partial charge in [-0.15, -0.1) is 0 Å². The van der Waals surface area contributed by atoms with Crippen molar-refractivity contribution in [2.45, 2.75) is 0 Å². The second kappa shape index (κ2) is 5.46. The summed E-state index contributed by atoms with van der Waals surface area (Å²) in [5, 5.41) is 12.4. The van der Waals surface area contributed by atoms with Crippen molar-refractivity contribution in [2.24, 2.45) is 0 Å². The number of pyridine rings is 1. The van der Waals surface area contributed by atoms with Gasteiger partial charge in [0.05, 0.1) is 0 Å². The second-order valence-electron chi connectivity index (χ2n) is 4.49. The molecule has 0 bridgehead atoms. The Kier molecular flexibility index (Phi) is 3.50. The summed E-state index contributed by atoms with van der Waals surface area (Å²) in [6, 6.07) is 12.9. The molecule has 0 spiro atoms. The van der Waals surface area contributed by atoms with E-state index in [-0.39, 0.29) is 6.54 Å². The maximum Gasteiger partial charge on any atom is 0.322 e. The van der Waals surface area contributed by atoms with Gasteiger partial charge < -0.3 is 10.4 Å². The predicted octanol–water partition coefficient (Wildman–Crippen LogP) is 3.15. The van der Waals surface area contributed by atoms with Crippen LogP contribution in [0.15, 0.2) is 48.7 Å². The van der Waals surface area contributed by atoms with Gasteiger partial charge in [0.25, 0.3) is 0 Å². The molecular weight excluding hydrogens is 290 g/mol. The van der Waals surface area contributed by atoms with Crippen LogP contribution in [0.4, 0.5) is 5.82 Å². The number of imidazole rings is 1. The normalized spacial score (nSPS) is 10.7. The molecule has 1 aromatic carbocycles. The Morgan fingerprint density at radius 2 is 2.00 bits per heavy atom. The summed E-state index contributed by atoms with van der Waals surface area (Å²) in [5.41, 5.74) is 2.31. The molecule has 5 nitrogen and oxygen atoms in total. The van der Waals surface area contributed by atoms with Crippen LogP contribution in [0.5, 0.6) is 0 Å². The van der Waals surface area contributed by atoms with Crippen LogP contribution in [-0.2, 0) is 4.79 Å². The molecule has 2 aromatic heterocycles. The topological polar surface area (TPSA) is 66.6 Å². The number of rotatable bonds is 4. The lowest BCUT2D eigenvalue weighted by atomic mass is 10.1. The minimum absolute atomic E-state index is 0.177. The molecule has 3 rings (SSSR count). The van der Waals surface area contributed by atoms with Crippen LogP contribution in [-0.4, -0.2) is 27.0 Å². The predicted molar refractivity (Wildman–Crippen MR) is 81.8 cm³/mol. The maximum absolute atomic E-state index is 10.8. The van der Waals surface area contributed by atoms with E-state index in [1.807, 2.05) is 40.9 Å². The SMILES string of the molecule is O=C(O)CNc1c(-c2ccc(Cl)cc2)nc2ccccn12. The highest BCUT2D eigenvalue weighted by molar-refractivity contribution is 6.30. The summed E-state index contributed by atoms with van der Waals surface area (Å²) >= 11 is 5.90. The zero-order valence-electron chi connectivity index (χ0n) is 11.0. The minimum atomic E-state index is -0.928. The first-order valence-corrected chi connectivity index (χ1v) is 6.71. The number of aromatic nitrogens is 2. The van der Waals surface area contributed by atoms with Crippen LogP contribution < -0.4 is 5.32 Å². The molecular formula is C15H12ClN3O2. The van der Waals surface area contributed by atoms with Gasteiger partial charge in [-0.2, -0.15) is 0 Å². The van der Waals surface area contributed by atoms with Gasteiger partial charge in [0, 0.05) is 16.8 Å². The monoisotopic (exact) mass is 301 g/mol. The van der Waals surface area contributed by atoms with Gasteiger partial charge in [-0.25, -0.2) is 4.98 Å². The highest BCUT2D eigenvalue weighted by Crippen LogP contribution is 2.29. The minimum Gasteiger partial charge on any atom is -0.480 e. The first kappa shape index (κ1) is 13.5. The van der Waals surface area contributed by atoms with E-state index in [1.54, 1.807) is 12.1 Å². The van der Waals surface area contributed by atoms with Crippen LogP contribution >= 0.6 is 11.6 Å². The number of aliphatic carboxylic acids is 1. The Bertz CT molecular complexity index is 796. The van der Waals surface area contributed by atoms with Crippen molar-refractivity contribution >= 4 is 29.0 Å². The van der Waals surface area contributed by atoms with Crippen LogP contribution in [0.3, 0.4) is 0 Å². The number of hydrogen-bond donors (Lipinski definition) is 2. The first-order chi connectivity index (χ1) is 10.1. The van der Waals surface area contributed by atoms with Gasteiger partial charge in [0.1, 0.15) is 23.7 Å². The molecule has 0 amide bonds. The van der Waals surface area contributed by atoms with Crippen molar-refractivity contribution in [3.05, 3.63) is 53.7 Å². The summed E-state index contributed by atoms with van der Waals surface area (Å²) in [7, 11) is 0. The molecule has 106 valence electrons. The van der Waals surface area contributed by atoms with Crippen molar-refractivity contribution in [3.8, 4) is 11.3 Å². The van der Waals surface area contributed by atoms with Crippen LogP contribution in [0.2, 0.25) is 5.02 Å².